The Labute approximate surface area is 251 Å². The number of rotatable bonds is 6. The van der Waals surface area contributed by atoms with Gasteiger partial charge in [0, 0.05) is 55.2 Å². The van der Waals surface area contributed by atoms with Crippen molar-refractivity contribution in [3.63, 3.8) is 0 Å². The van der Waals surface area contributed by atoms with Gasteiger partial charge in [-0.15, -0.1) is 0 Å². The van der Waals surface area contributed by atoms with E-state index in [9.17, 15) is 18.0 Å². The lowest BCUT2D eigenvalue weighted by atomic mass is 10.0. The molecule has 3 heterocycles. The van der Waals surface area contributed by atoms with Gasteiger partial charge >= 0.3 is 12.2 Å². The van der Waals surface area contributed by atoms with Crippen molar-refractivity contribution < 1.29 is 22.4 Å². The summed E-state index contributed by atoms with van der Waals surface area (Å²) >= 11 is 0. The Hall–Kier alpha value is -4.23. The molecule has 230 valence electrons. The molecule has 4 N–H and O–H groups in total. The van der Waals surface area contributed by atoms with E-state index in [1.807, 2.05) is 17.8 Å². The van der Waals surface area contributed by atoms with Crippen LogP contribution in [0.3, 0.4) is 0 Å². The first-order valence-electron chi connectivity index (χ1n) is 14.6. The largest absolute Gasteiger partial charge is 0.416 e. The summed E-state index contributed by atoms with van der Waals surface area (Å²) in [5.74, 6) is -0.431. The number of hydrogen-bond donors (Lipinski definition) is 3. The van der Waals surface area contributed by atoms with E-state index in [0.29, 0.717) is 34.7 Å². The number of nitrogens with two attached hydrogens (primary N) is 1. The topological polar surface area (TPSA) is 104 Å². The number of nitrogens with zero attached hydrogens (tertiary/aromatic N) is 5. The van der Waals surface area contributed by atoms with Gasteiger partial charge in [0.25, 0.3) is 0 Å². The minimum atomic E-state index is -4.61. The Bertz CT molecular complexity index is 1760. The molecule has 13 heteroatoms. The summed E-state index contributed by atoms with van der Waals surface area (Å²) in [6.45, 7) is 2.53. The second kappa shape index (κ2) is 10.4. The Morgan fingerprint density at radius 1 is 1.09 bits per heavy atom. The van der Waals surface area contributed by atoms with Gasteiger partial charge in [0.1, 0.15) is 23.6 Å². The van der Waals surface area contributed by atoms with E-state index in [1.165, 1.54) is 30.6 Å². The van der Waals surface area contributed by atoms with E-state index in [0.717, 1.165) is 44.8 Å². The number of fused-ring (bicyclic) bond motifs is 1. The van der Waals surface area contributed by atoms with Crippen LogP contribution in [-0.2, 0) is 12.7 Å². The Balaban J connectivity index is 1.08. The van der Waals surface area contributed by atoms with Gasteiger partial charge in [-0.2, -0.15) is 13.2 Å². The maximum Gasteiger partial charge on any atom is 0.416 e. The molecule has 0 radical (unpaired) electrons. The highest BCUT2D eigenvalue weighted by atomic mass is 19.4. The molecule has 1 aliphatic heterocycles. The molecule has 0 unspecified atom stereocenters. The second-order valence-corrected chi connectivity index (χ2v) is 12.2. The lowest BCUT2D eigenvalue weighted by molar-refractivity contribution is -0.138. The van der Waals surface area contributed by atoms with Crippen molar-refractivity contribution in [3.05, 3.63) is 65.9 Å². The van der Waals surface area contributed by atoms with Crippen LogP contribution in [0.2, 0.25) is 0 Å². The van der Waals surface area contributed by atoms with E-state index in [4.69, 9.17) is 5.73 Å². The predicted octanol–water partition coefficient (Wildman–Crippen LogP) is 6.10. The molecule has 44 heavy (non-hydrogen) atoms. The van der Waals surface area contributed by atoms with Crippen molar-refractivity contribution in [2.45, 2.75) is 50.0 Å². The van der Waals surface area contributed by atoms with E-state index in [-0.39, 0.29) is 34.8 Å². The van der Waals surface area contributed by atoms with Gasteiger partial charge in [-0.25, -0.2) is 19.2 Å². The molecule has 7 rings (SSSR count). The molecule has 2 saturated carbocycles. The number of carbonyl (C=O) groups is 1. The number of piperazine rings is 1. The molecule has 1 saturated heterocycles. The summed E-state index contributed by atoms with van der Waals surface area (Å²) in [5.41, 5.74) is 7.17. The zero-order valence-electron chi connectivity index (χ0n) is 24.1. The maximum absolute atomic E-state index is 15.2. The van der Waals surface area contributed by atoms with Crippen LogP contribution in [-0.4, -0.2) is 62.6 Å². The standard InChI is InChI=1S/C31H32F4N8O/c1-41-10-11-42(30(16-41)8-9-30)14-19-2-4-20(13-23(19)31(33,34)35)39-29(44)40-25-7-3-18(12-24(25)32)22-15-43(21-5-6-21)28-26(22)27(36)37-17-38-28/h2-4,7,12-13,15,17,21H,5-6,8-11,14,16H2,1H3,(H2,36,37,38)(H2,39,40,44). The molecule has 3 fully saturated rings. The minimum Gasteiger partial charge on any atom is -0.383 e. The fraction of sp³-hybridized carbons (Fsp3) is 0.387. The maximum atomic E-state index is 15.2. The molecule has 9 nitrogen and oxygen atoms in total. The third-order valence-corrected chi connectivity index (χ3v) is 8.96. The number of aromatic nitrogens is 3. The van der Waals surface area contributed by atoms with Crippen LogP contribution in [0.5, 0.6) is 0 Å². The number of nitrogens with one attached hydrogen (secondary N) is 2. The lowest BCUT2D eigenvalue weighted by Crippen LogP contribution is -2.53. The van der Waals surface area contributed by atoms with Crippen LogP contribution >= 0.6 is 0 Å². The summed E-state index contributed by atoms with van der Waals surface area (Å²) in [5, 5.41) is 5.46. The highest BCUT2D eigenvalue weighted by Gasteiger charge is 2.50. The zero-order valence-corrected chi connectivity index (χ0v) is 24.1. The number of amides is 2. The van der Waals surface area contributed by atoms with Gasteiger partial charge in [0.15, 0.2) is 0 Å². The molecule has 4 aromatic rings. The first-order chi connectivity index (χ1) is 21.0. The number of benzene rings is 2. The molecule has 3 aliphatic rings. The van der Waals surface area contributed by atoms with Crippen molar-refractivity contribution in [2.75, 3.05) is 43.0 Å². The van der Waals surface area contributed by atoms with Gasteiger partial charge in [-0.1, -0.05) is 12.1 Å². The number of nitrogen functional groups attached to an aromatic ring is 1. The number of hydrogen-bond acceptors (Lipinski definition) is 6. The van der Waals surface area contributed by atoms with Crippen molar-refractivity contribution in [2.24, 2.45) is 0 Å². The third-order valence-electron chi connectivity index (χ3n) is 8.96. The van der Waals surface area contributed by atoms with Crippen molar-refractivity contribution >= 4 is 34.3 Å². The van der Waals surface area contributed by atoms with Gasteiger partial charge < -0.3 is 25.8 Å². The smallest absolute Gasteiger partial charge is 0.383 e. The number of urea groups is 1. The monoisotopic (exact) mass is 608 g/mol. The van der Waals surface area contributed by atoms with Gasteiger partial charge in [-0.3, -0.25) is 4.90 Å². The summed E-state index contributed by atoms with van der Waals surface area (Å²) in [4.78, 5) is 25.6. The summed E-state index contributed by atoms with van der Waals surface area (Å²) in [6.07, 6.45) is 2.66. The average molecular weight is 609 g/mol. The lowest BCUT2D eigenvalue weighted by Gasteiger charge is -2.41. The van der Waals surface area contributed by atoms with E-state index < -0.39 is 23.6 Å². The predicted molar refractivity (Wildman–Crippen MR) is 160 cm³/mol. The summed E-state index contributed by atoms with van der Waals surface area (Å²) in [6, 6.07) is 7.55. The van der Waals surface area contributed by atoms with Crippen molar-refractivity contribution in [1.29, 1.82) is 0 Å². The summed E-state index contributed by atoms with van der Waals surface area (Å²) < 4.78 is 59.6. The second-order valence-electron chi connectivity index (χ2n) is 12.2. The summed E-state index contributed by atoms with van der Waals surface area (Å²) in [7, 11) is 2.03. The van der Waals surface area contributed by atoms with Crippen LogP contribution in [0, 0.1) is 5.82 Å². The molecule has 2 aromatic heterocycles. The Kier molecular flexibility index (Phi) is 6.77. The number of anilines is 3. The molecule has 2 aromatic carbocycles. The van der Waals surface area contributed by atoms with Crippen molar-refractivity contribution in [1.82, 2.24) is 24.3 Å². The van der Waals surface area contributed by atoms with Crippen LogP contribution in [0.1, 0.15) is 42.9 Å². The molecule has 2 aliphatic carbocycles. The van der Waals surface area contributed by atoms with E-state index >= 15 is 4.39 Å². The number of likely N-dealkylation sites (N-methyl/N-ethyl adjacent to an activating group) is 1. The number of carbonyl (C=O) groups excluding carboxylic acids is 1. The van der Waals surface area contributed by atoms with Crippen LogP contribution in [0.25, 0.3) is 22.2 Å². The van der Waals surface area contributed by atoms with Crippen LogP contribution in [0.4, 0.5) is 39.5 Å². The van der Waals surface area contributed by atoms with Crippen LogP contribution in [0.15, 0.2) is 48.9 Å². The van der Waals surface area contributed by atoms with Crippen molar-refractivity contribution in [3.8, 4) is 11.1 Å². The average Bonchev–Trinajstić information content (AvgIpc) is 3.91. The van der Waals surface area contributed by atoms with E-state index in [1.54, 1.807) is 6.07 Å². The highest BCUT2D eigenvalue weighted by Crippen LogP contribution is 2.46. The van der Waals surface area contributed by atoms with Gasteiger partial charge in [0.2, 0.25) is 0 Å². The number of alkyl halides is 3. The van der Waals surface area contributed by atoms with Gasteiger partial charge in [0.05, 0.1) is 16.6 Å². The Morgan fingerprint density at radius 3 is 2.59 bits per heavy atom. The number of halogens is 4. The van der Waals surface area contributed by atoms with E-state index in [2.05, 4.69) is 30.4 Å². The molecule has 2 amide bonds. The highest BCUT2D eigenvalue weighted by molar-refractivity contribution is 6.02. The molecule has 0 atom stereocenters. The third kappa shape index (κ3) is 5.34. The fourth-order valence-corrected chi connectivity index (χ4v) is 6.36. The first kappa shape index (κ1) is 28.5. The molecule has 1 spiro atoms. The SMILES string of the molecule is CN1CCN(Cc2ccc(NC(=O)Nc3ccc(-c4cn(C5CC5)c5ncnc(N)c45)cc3F)cc2C(F)(F)F)C2(CC2)C1. The minimum absolute atomic E-state index is 0.0431. The molecule has 0 bridgehead atoms. The zero-order chi connectivity index (χ0) is 30.8. The first-order valence-corrected chi connectivity index (χ1v) is 14.6. The van der Waals surface area contributed by atoms with Crippen LogP contribution < -0.4 is 16.4 Å². The molecular formula is C31H32F4N8O. The normalized spacial score (nSPS) is 18.6. The van der Waals surface area contributed by atoms with Gasteiger partial charge in [-0.05, 0) is 68.1 Å². The Morgan fingerprint density at radius 2 is 1.89 bits per heavy atom. The quantitative estimate of drug-likeness (QED) is 0.229. The fourth-order valence-electron chi connectivity index (χ4n) is 6.36. The molecular weight excluding hydrogens is 576 g/mol.